The molecule has 1 rings (SSSR count). The summed E-state index contributed by atoms with van der Waals surface area (Å²) in [6.45, 7) is 8.64. The van der Waals surface area contributed by atoms with Crippen LogP contribution in [0.2, 0.25) is 0 Å². The van der Waals surface area contributed by atoms with Crippen LogP contribution in [0, 0.1) is 0 Å². The van der Waals surface area contributed by atoms with E-state index < -0.39 is 0 Å². The van der Waals surface area contributed by atoms with Gasteiger partial charge in [0.05, 0.1) is 0 Å². The summed E-state index contributed by atoms with van der Waals surface area (Å²) in [6.07, 6.45) is 5.49. The van der Waals surface area contributed by atoms with Gasteiger partial charge in [-0.2, -0.15) is 0 Å². The van der Waals surface area contributed by atoms with E-state index in [4.69, 9.17) is 0 Å². The summed E-state index contributed by atoms with van der Waals surface area (Å²) in [6, 6.07) is 0. The molecule has 1 heterocycles. The highest BCUT2D eigenvalue weighted by molar-refractivity contribution is 5.10. The first-order chi connectivity index (χ1) is 4.41. The minimum atomic E-state index is 0.0573. The summed E-state index contributed by atoms with van der Waals surface area (Å²) in [4.78, 5) is 0. The molecule has 0 saturated carbocycles. The van der Waals surface area contributed by atoms with Gasteiger partial charge in [0, 0.05) is 11.1 Å². The molecule has 0 aromatic rings. The zero-order valence-electron chi connectivity index (χ0n) is 7.31. The molecule has 0 bridgehead atoms. The first kappa shape index (κ1) is 7.80. The fourth-order valence-electron chi connectivity index (χ4n) is 1.50. The number of nitrogens with zero attached hydrogens (tertiary/aromatic N) is 1. The van der Waals surface area contributed by atoms with Crippen molar-refractivity contribution in [2.75, 3.05) is 0 Å². The van der Waals surface area contributed by atoms with Gasteiger partial charge in [-0.3, -0.25) is 0 Å². The molecule has 0 spiro atoms. The fourth-order valence-corrected chi connectivity index (χ4v) is 1.50. The van der Waals surface area contributed by atoms with Crippen LogP contribution < -0.4 is 5.32 Å². The van der Waals surface area contributed by atoms with E-state index in [1.54, 1.807) is 0 Å². The highest BCUT2D eigenvalue weighted by Gasteiger charge is 2.29. The van der Waals surface area contributed by atoms with E-state index >= 15 is 0 Å². The second-order valence-corrected chi connectivity index (χ2v) is 4.18. The van der Waals surface area contributed by atoms with Gasteiger partial charge in [0.1, 0.15) is 0 Å². The van der Waals surface area contributed by atoms with Gasteiger partial charge in [0.2, 0.25) is 0 Å². The van der Waals surface area contributed by atoms with Crippen molar-refractivity contribution in [1.29, 1.82) is 0 Å². The lowest BCUT2D eigenvalue weighted by molar-refractivity contribution is 0.282. The smallest absolute Gasteiger partial charge is 0.0486 e. The first-order valence-electron chi connectivity index (χ1n) is 3.83. The Kier molecular flexibility index (Phi) is 1.63. The van der Waals surface area contributed by atoms with E-state index in [9.17, 15) is 0 Å². The molecule has 0 N–H and O–H groups in total. The van der Waals surface area contributed by atoms with Crippen molar-refractivity contribution in [2.45, 2.75) is 45.2 Å². The van der Waals surface area contributed by atoms with E-state index in [0.717, 1.165) is 6.42 Å². The second-order valence-electron chi connectivity index (χ2n) is 4.18. The molecule has 1 aliphatic heterocycles. The van der Waals surface area contributed by atoms with Gasteiger partial charge >= 0.3 is 0 Å². The van der Waals surface area contributed by atoms with Crippen LogP contribution in [0.3, 0.4) is 0 Å². The van der Waals surface area contributed by atoms with Crippen molar-refractivity contribution in [3.05, 3.63) is 12.2 Å². The molecule has 57 valence electrons. The van der Waals surface area contributed by atoms with Crippen LogP contribution >= 0.6 is 0 Å². The van der Waals surface area contributed by atoms with Crippen LogP contribution in [-0.2, 0) is 0 Å². The minimum absolute atomic E-state index is 0.0573. The fraction of sp³-hybridized carbons (Fsp3) is 0.778. The lowest BCUT2D eigenvalue weighted by atomic mass is 9.89. The van der Waals surface area contributed by atoms with Gasteiger partial charge in [-0.05, 0) is 34.1 Å². The third-order valence-electron chi connectivity index (χ3n) is 1.73. The zero-order chi connectivity index (χ0) is 7.83. The third kappa shape index (κ3) is 1.84. The molecule has 0 atom stereocenters. The maximum atomic E-state index is 4.66. The quantitative estimate of drug-likeness (QED) is 0.455. The van der Waals surface area contributed by atoms with Gasteiger partial charge in [-0.25, -0.2) is 5.32 Å². The van der Waals surface area contributed by atoms with Gasteiger partial charge in [-0.15, -0.1) is 0 Å². The Bertz CT molecular complexity index is 154. The van der Waals surface area contributed by atoms with Gasteiger partial charge in [0.25, 0.3) is 0 Å². The molecule has 1 heteroatoms. The zero-order valence-corrected chi connectivity index (χ0v) is 7.31. The Labute approximate surface area is 63.5 Å². The SMILES string of the molecule is CC1(C)C=CCC(C)(C)[N]1. The number of hydrogen-bond acceptors (Lipinski definition) is 0. The normalized spacial score (nSPS) is 28.4. The maximum absolute atomic E-state index is 4.66. The van der Waals surface area contributed by atoms with E-state index in [0.29, 0.717) is 0 Å². The topological polar surface area (TPSA) is 14.1 Å². The maximum Gasteiger partial charge on any atom is 0.0486 e. The molecule has 0 saturated heterocycles. The molecular formula is C9H16N. The van der Waals surface area contributed by atoms with Crippen LogP contribution in [0.1, 0.15) is 34.1 Å². The van der Waals surface area contributed by atoms with Crippen LogP contribution in [-0.4, -0.2) is 11.1 Å². The van der Waals surface area contributed by atoms with E-state index in [1.807, 2.05) is 0 Å². The third-order valence-corrected chi connectivity index (χ3v) is 1.73. The highest BCUT2D eigenvalue weighted by Crippen LogP contribution is 2.23. The standard InChI is InChI=1S/C9H16N/c1-8(2)6-5-7-9(3,4)10-8/h5-6H,7H2,1-4H3. The molecule has 0 fully saturated rings. The monoisotopic (exact) mass is 138 g/mol. The molecule has 0 aliphatic carbocycles. The summed E-state index contributed by atoms with van der Waals surface area (Å²) in [7, 11) is 0. The van der Waals surface area contributed by atoms with Gasteiger partial charge in [-0.1, -0.05) is 12.2 Å². The molecular weight excluding hydrogens is 122 g/mol. The first-order valence-corrected chi connectivity index (χ1v) is 3.83. The van der Waals surface area contributed by atoms with Crippen molar-refractivity contribution >= 4 is 0 Å². The Morgan fingerprint density at radius 2 is 1.80 bits per heavy atom. The average molecular weight is 138 g/mol. The van der Waals surface area contributed by atoms with Crippen LogP contribution in [0.4, 0.5) is 0 Å². The van der Waals surface area contributed by atoms with Crippen molar-refractivity contribution in [2.24, 2.45) is 0 Å². The summed E-state index contributed by atoms with van der Waals surface area (Å²) in [5.74, 6) is 0. The van der Waals surface area contributed by atoms with Crippen LogP contribution in [0.15, 0.2) is 12.2 Å². The summed E-state index contributed by atoms with van der Waals surface area (Å²) in [5, 5.41) is 4.66. The van der Waals surface area contributed by atoms with E-state index in [-0.39, 0.29) is 11.1 Å². The predicted octanol–water partition coefficient (Wildman–Crippen LogP) is 2.11. The molecule has 10 heavy (non-hydrogen) atoms. The number of hydrogen-bond donors (Lipinski definition) is 0. The van der Waals surface area contributed by atoms with Crippen molar-refractivity contribution in [1.82, 2.24) is 5.32 Å². The Morgan fingerprint density at radius 1 is 1.20 bits per heavy atom. The summed E-state index contributed by atoms with van der Waals surface area (Å²) < 4.78 is 0. The van der Waals surface area contributed by atoms with Crippen molar-refractivity contribution in [3.8, 4) is 0 Å². The molecule has 0 unspecified atom stereocenters. The molecule has 0 aromatic heterocycles. The molecule has 1 aliphatic rings. The summed E-state index contributed by atoms with van der Waals surface area (Å²) >= 11 is 0. The highest BCUT2D eigenvalue weighted by atomic mass is 15.0. The molecule has 0 amide bonds. The lowest BCUT2D eigenvalue weighted by Crippen LogP contribution is -2.46. The summed E-state index contributed by atoms with van der Waals surface area (Å²) in [5.41, 5.74) is 0.208. The van der Waals surface area contributed by atoms with Crippen LogP contribution in [0.5, 0.6) is 0 Å². The molecule has 1 nitrogen and oxygen atoms in total. The van der Waals surface area contributed by atoms with E-state index in [2.05, 4.69) is 45.2 Å². The average Bonchev–Trinajstić information content (AvgIpc) is 1.56. The van der Waals surface area contributed by atoms with Crippen molar-refractivity contribution in [3.63, 3.8) is 0 Å². The number of rotatable bonds is 0. The van der Waals surface area contributed by atoms with Gasteiger partial charge < -0.3 is 0 Å². The predicted molar refractivity (Wildman–Crippen MR) is 44.0 cm³/mol. The lowest BCUT2D eigenvalue weighted by Gasteiger charge is -2.36. The largest absolute Gasteiger partial charge is 0.225 e. The Balaban J connectivity index is 2.73. The van der Waals surface area contributed by atoms with Gasteiger partial charge in [0.15, 0.2) is 0 Å². The molecule has 1 radical (unpaired) electrons. The Morgan fingerprint density at radius 3 is 2.10 bits per heavy atom. The minimum Gasteiger partial charge on any atom is -0.225 e. The van der Waals surface area contributed by atoms with E-state index in [1.165, 1.54) is 0 Å². The Hall–Kier alpha value is -0.300. The second kappa shape index (κ2) is 2.09. The van der Waals surface area contributed by atoms with Crippen LogP contribution in [0.25, 0.3) is 0 Å². The molecule has 0 aromatic carbocycles. The van der Waals surface area contributed by atoms with Crippen molar-refractivity contribution < 1.29 is 0 Å².